The van der Waals surface area contributed by atoms with Gasteiger partial charge in [0, 0.05) is 29.7 Å². The number of anilines is 1. The van der Waals surface area contributed by atoms with Crippen molar-refractivity contribution in [1.82, 2.24) is 4.98 Å². The number of nitrogens with zero attached hydrogens (tertiary/aromatic N) is 1. The fraction of sp³-hybridized carbons (Fsp3) is 0. The number of rotatable bonds is 2. The van der Waals surface area contributed by atoms with Crippen LogP contribution < -0.4 is 5.32 Å². The maximum absolute atomic E-state index is 12.2. The van der Waals surface area contributed by atoms with Crippen molar-refractivity contribution in [3.05, 3.63) is 71.7 Å². The highest BCUT2D eigenvalue weighted by atomic mass is 32.3. The van der Waals surface area contributed by atoms with Gasteiger partial charge in [0.1, 0.15) is 0 Å². The smallest absolute Gasteiger partial charge is 0.352 e. The Morgan fingerprint density at radius 3 is 2.21 bits per heavy atom. The Labute approximate surface area is 137 Å². The predicted octanol–water partition coefficient (Wildman–Crippen LogP) is 1.80. The third kappa shape index (κ3) is 4.81. The molecule has 1 heterocycles. The molecule has 0 radical (unpaired) electrons. The van der Waals surface area contributed by atoms with E-state index >= 15 is 0 Å². The molecule has 9 heteroatoms. The Bertz CT molecular complexity index is 899. The molecule has 0 atom stereocenters. The molecule has 0 unspecified atom stereocenters. The summed E-state index contributed by atoms with van der Waals surface area (Å²) < 4.78 is 31.6. The van der Waals surface area contributed by atoms with Gasteiger partial charge in [-0.3, -0.25) is 23.7 Å². The van der Waals surface area contributed by atoms with E-state index in [2.05, 4.69) is 10.3 Å². The summed E-state index contributed by atoms with van der Waals surface area (Å²) in [5, 5.41) is 2.96. The van der Waals surface area contributed by atoms with Gasteiger partial charge in [-0.15, -0.1) is 0 Å². The van der Waals surface area contributed by atoms with Crippen molar-refractivity contribution >= 4 is 27.7 Å². The second kappa shape index (κ2) is 7.13. The minimum atomic E-state index is -4.67. The molecule has 0 saturated carbocycles. The van der Waals surface area contributed by atoms with Crippen LogP contribution >= 0.6 is 0 Å². The van der Waals surface area contributed by atoms with E-state index in [0.717, 1.165) is 5.69 Å². The lowest BCUT2D eigenvalue weighted by atomic mass is 9.94. The van der Waals surface area contributed by atoms with Gasteiger partial charge in [-0.1, -0.05) is 18.2 Å². The average Bonchev–Trinajstić information content (AvgIpc) is 2.52. The molecular formula is C15H12N2O6S. The SMILES string of the molecule is O=C1C=C(Nc2ccccc2)C(=O)c2cnccc21.O=S(=O)(O)O. The maximum Gasteiger partial charge on any atom is 0.394 e. The lowest BCUT2D eigenvalue weighted by Gasteiger charge is -2.15. The van der Waals surface area contributed by atoms with E-state index in [-0.39, 0.29) is 17.3 Å². The van der Waals surface area contributed by atoms with Crippen LogP contribution in [0.25, 0.3) is 0 Å². The molecule has 0 saturated heterocycles. The Kier molecular flexibility index (Phi) is 5.19. The van der Waals surface area contributed by atoms with Crippen LogP contribution in [0, 0.1) is 0 Å². The van der Waals surface area contributed by atoms with Crippen molar-refractivity contribution < 1.29 is 27.1 Å². The van der Waals surface area contributed by atoms with Gasteiger partial charge in [-0.05, 0) is 18.2 Å². The van der Waals surface area contributed by atoms with Crippen LogP contribution in [0.4, 0.5) is 5.69 Å². The van der Waals surface area contributed by atoms with Gasteiger partial charge >= 0.3 is 10.4 Å². The molecule has 0 aliphatic heterocycles. The van der Waals surface area contributed by atoms with E-state index in [9.17, 15) is 9.59 Å². The first kappa shape index (κ1) is 17.5. The third-order valence-corrected chi connectivity index (χ3v) is 2.90. The van der Waals surface area contributed by atoms with Crippen LogP contribution in [-0.4, -0.2) is 34.1 Å². The van der Waals surface area contributed by atoms with Gasteiger partial charge in [-0.25, -0.2) is 0 Å². The largest absolute Gasteiger partial charge is 0.394 e. The van der Waals surface area contributed by atoms with Crippen molar-refractivity contribution in [2.45, 2.75) is 0 Å². The Morgan fingerprint density at radius 2 is 1.58 bits per heavy atom. The normalized spacial score (nSPS) is 13.3. The fourth-order valence-corrected chi connectivity index (χ4v) is 1.98. The molecule has 1 aliphatic rings. The van der Waals surface area contributed by atoms with E-state index in [1.165, 1.54) is 18.5 Å². The number of benzene rings is 1. The maximum atomic E-state index is 12.2. The van der Waals surface area contributed by atoms with Gasteiger partial charge in [0.05, 0.1) is 11.3 Å². The quantitative estimate of drug-likeness (QED) is 0.700. The number of fused-ring (bicyclic) bond motifs is 1. The average molecular weight is 348 g/mol. The van der Waals surface area contributed by atoms with E-state index in [1.54, 1.807) is 6.07 Å². The van der Waals surface area contributed by atoms with Crippen molar-refractivity contribution in [2.75, 3.05) is 5.32 Å². The van der Waals surface area contributed by atoms with Crippen LogP contribution in [0.1, 0.15) is 20.7 Å². The van der Waals surface area contributed by atoms with Gasteiger partial charge in [0.25, 0.3) is 0 Å². The van der Waals surface area contributed by atoms with Crippen molar-refractivity contribution in [3.63, 3.8) is 0 Å². The molecule has 1 aliphatic carbocycles. The summed E-state index contributed by atoms with van der Waals surface area (Å²) in [5.41, 5.74) is 1.78. The van der Waals surface area contributed by atoms with Crippen LogP contribution in [0.2, 0.25) is 0 Å². The highest BCUT2D eigenvalue weighted by Gasteiger charge is 2.25. The highest BCUT2D eigenvalue weighted by molar-refractivity contribution is 7.79. The van der Waals surface area contributed by atoms with Crippen LogP contribution in [0.5, 0.6) is 0 Å². The van der Waals surface area contributed by atoms with Crippen molar-refractivity contribution in [3.8, 4) is 0 Å². The summed E-state index contributed by atoms with van der Waals surface area (Å²) in [4.78, 5) is 28.1. The number of carbonyl (C=O) groups excluding carboxylic acids is 2. The molecule has 0 fully saturated rings. The number of Topliss-reactive ketones (excluding diaryl/α,β-unsaturated/α-hetero) is 1. The number of hydrogen-bond acceptors (Lipinski definition) is 6. The first-order valence-corrected chi connectivity index (χ1v) is 7.92. The molecule has 8 nitrogen and oxygen atoms in total. The molecular weight excluding hydrogens is 336 g/mol. The number of aromatic nitrogens is 1. The summed E-state index contributed by atoms with van der Waals surface area (Å²) in [6, 6.07) is 10.8. The minimum Gasteiger partial charge on any atom is -0.352 e. The number of ketones is 2. The molecule has 0 amide bonds. The monoisotopic (exact) mass is 348 g/mol. The predicted molar refractivity (Wildman–Crippen MR) is 85.2 cm³/mol. The summed E-state index contributed by atoms with van der Waals surface area (Å²) in [6.07, 6.45) is 4.26. The fourth-order valence-electron chi connectivity index (χ4n) is 1.98. The van der Waals surface area contributed by atoms with Gasteiger partial charge in [0.2, 0.25) is 5.78 Å². The molecule has 1 aromatic heterocycles. The number of allylic oxidation sites excluding steroid dienone is 2. The molecule has 24 heavy (non-hydrogen) atoms. The van der Waals surface area contributed by atoms with Crippen LogP contribution in [0.15, 0.2) is 60.6 Å². The van der Waals surface area contributed by atoms with E-state index < -0.39 is 10.4 Å². The van der Waals surface area contributed by atoms with Crippen molar-refractivity contribution in [2.24, 2.45) is 0 Å². The summed E-state index contributed by atoms with van der Waals surface area (Å²) >= 11 is 0. The lowest BCUT2D eigenvalue weighted by molar-refractivity contribution is 0.0985. The molecule has 0 spiro atoms. The van der Waals surface area contributed by atoms with Gasteiger partial charge in [-0.2, -0.15) is 8.42 Å². The van der Waals surface area contributed by atoms with E-state index in [0.29, 0.717) is 11.1 Å². The van der Waals surface area contributed by atoms with Crippen molar-refractivity contribution in [1.29, 1.82) is 0 Å². The summed E-state index contributed by atoms with van der Waals surface area (Å²) in [7, 11) is -4.67. The number of para-hydroxylation sites is 1. The van der Waals surface area contributed by atoms with Crippen LogP contribution in [-0.2, 0) is 10.4 Å². The molecule has 3 N–H and O–H groups in total. The number of hydrogen-bond donors (Lipinski definition) is 3. The second-order valence-corrected chi connectivity index (χ2v) is 5.51. The topological polar surface area (TPSA) is 134 Å². The van der Waals surface area contributed by atoms with E-state index in [4.69, 9.17) is 17.5 Å². The number of nitrogens with one attached hydrogen (secondary N) is 1. The molecule has 3 rings (SSSR count). The number of pyridine rings is 1. The second-order valence-electron chi connectivity index (χ2n) is 4.61. The summed E-state index contributed by atoms with van der Waals surface area (Å²) in [6.45, 7) is 0. The zero-order chi connectivity index (χ0) is 17.7. The first-order valence-electron chi connectivity index (χ1n) is 6.52. The lowest BCUT2D eigenvalue weighted by Crippen LogP contribution is -2.21. The molecule has 124 valence electrons. The van der Waals surface area contributed by atoms with Gasteiger partial charge < -0.3 is 5.32 Å². The minimum absolute atomic E-state index is 0.185. The number of carbonyl (C=O) groups is 2. The van der Waals surface area contributed by atoms with Gasteiger partial charge in [0.15, 0.2) is 5.78 Å². The molecule has 2 aromatic rings. The highest BCUT2D eigenvalue weighted by Crippen LogP contribution is 2.21. The zero-order valence-corrected chi connectivity index (χ0v) is 12.9. The Hall–Kier alpha value is -2.88. The van der Waals surface area contributed by atoms with Crippen LogP contribution in [0.3, 0.4) is 0 Å². The molecule has 0 bridgehead atoms. The third-order valence-electron chi connectivity index (χ3n) is 2.90. The zero-order valence-electron chi connectivity index (χ0n) is 12.1. The molecule has 1 aromatic carbocycles. The summed E-state index contributed by atoms with van der Waals surface area (Å²) in [5.74, 6) is -0.401. The Morgan fingerprint density at radius 1 is 0.958 bits per heavy atom. The Balaban J connectivity index is 0.000000368. The van der Waals surface area contributed by atoms with E-state index in [1.807, 2.05) is 30.3 Å². The standard InChI is InChI=1S/C15H10N2O2.H2O4S/c18-14-8-13(17-10-4-2-1-3-5-10)15(19)12-9-16-7-6-11(12)14;1-5(2,3)4/h1-9,17H;(H2,1,2,3,4). The first-order chi connectivity index (χ1) is 11.3.